The zero-order valence-corrected chi connectivity index (χ0v) is 26.2. The van der Waals surface area contributed by atoms with E-state index in [4.69, 9.17) is 4.74 Å². The van der Waals surface area contributed by atoms with Crippen LogP contribution in [0.2, 0.25) is 0 Å². The third-order valence-electron chi connectivity index (χ3n) is 8.97. The Bertz CT molecular complexity index is 1700. The number of likely N-dealkylation sites (tertiary alicyclic amines) is 1. The summed E-state index contributed by atoms with van der Waals surface area (Å²) in [5.74, 6) is -0.464. The lowest BCUT2D eigenvalue weighted by Crippen LogP contribution is -2.66. The minimum atomic E-state index is -3.69. The second kappa shape index (κ2) is 11.5. The van der Waals surface area contributed by atoms with Crippen molar-refractivity contribution in [3.63, 3.8) is 0 Å². The number of nitrogens with zero attached hydrogens (tertiary/aromatic N) is 4. The van der Waals surface area contributed by atoms with Gasteiger partial charge in [0.1, 0.15) is 23.5 Å². The Balaban J connectivity index is 1.37. The SMILES string of the molecule is CC(C)NCCOc1ncc(-c2cc3c4c(cnc3cc2F)N(C)C(=O)C42CN([C@H]3CC[C@H](O)CC3)C2)cc1NS(C)(=O)=O. The first-order valence-electron chi connectivity index (χ1n) is 15.0. The fraction of sp³-hybridized carbons (Fsp3) is 0.516. The first-order valence-corrected chi connectivity index (χ1v) is 16.9. The average molecular weight is 627 g/mol. The van der Waals surface area contributed by atoms with Gasteiger partial charge in [0, 0.05) is 73.1 Å². The van der Waals surface area contributed by atoms with Crippen molar-refractivity contribution in [1.29, 1.82) is 0 Å². The Hall–Kier alpha value is -3.39. The number of amides is 1. The summed E-state index contributed by atoms with van der Waals surface area (Å²) in [5, 5.41) is 13.9. The summed E-state index contributed by atoms with van der Waals surface area (Å²) in [5.41, 5.74) is 1.87. The third kappa shape index (κ3) is 5.62. The Labute approximate surface area is 256 Å². The lowest BCUT2D eigenvalue weighted by atomic mass is 9.71. The minimum Gasteiger partial charge on any atom is -0.475 e. The van der Waals surface area contributed by atoms with Crippen molar-refractivity contribution in [2.45, 2.75) is 63.1 Å². The van der Waals surface area contributed by atoms with Crippen LogP contribution in [0.4, 0.5) is 15.8 Å². The van der Waals surface area contributed by atoms with Gasteiger partial charge in [-0.1, -0.05) is 13.8 Å². The number of rotatable bonds is 9. The van der Waals surface area contributed by atoms with Crippen molar-refractivity contribution in [1.82, 2.24) is 20.2 Å². The largest absolute Gasteiger partial charge is 0.475 e. The molecule has 0 bridgehead atoms. The molecule has 2 aliphatic heterocycles. The Morgan fingerprint density at radius 2 is 1.86 bits per heavy atom. The second-order valence-corrected chi connectivity index (χ2v) is 14.3. The van der Waals surface area contributed by atoms with Gasteiger partial charge in [-0.05, 0) is 37.8 Å². The highest BCUT2D eigenvalue weighted by Crippen LogP contribution is 2.51. The minimum absolute atomic E-state index is 0.00506. The highest BCUT2D eigenvalue weighted by Gasteiger charge is 2.59. The lowest BCUT2D eigenvalue weighted by molar-refractivity contribution is -0.131. The van der Waals surface area contributed by atoms with Crippen LogP contribution in [0.1, 0.15) is 45.1 Å². The molecule has 1 amide bonds. The topological polar surface area (TPSA) is 137 Å². The summed E-state index contributed by atoms with van der Waals surface area (Å²) in [6.45, 7) is 5.91. The van der Waals surface area contributed by atoms with Gasteiger partial charge in [-0.3, -0.25) is 19.4 Å². The van der Waals surface area contributed by atoms with E-state index >= 15 is 4.39 Å². The van der Waals surface area contributed by atoms with Crippen LogP contribution in [0.5, 0.6) is 5.88 Å². The molecule has 44 heavy (non-hydrogen) atoms. The van der Waals surface area contributed by atoms with Crippen molar-refractivity contribution in [2.75, 3.05) is 49.2 Å². The smallest absolute Gasteiger partial charge is 0.240 e. The monoisotopic (exact) mass is 626 g/mol. The Morgan fingerprint density at radius 3 is 2.55 bits per heavy atom. The van der Waals surface area contributed by atoms with E-state index in [9.17, 15) is 18.3 Å². The fourth-order valence-corrected chi connectivity index (χ4v) is 7.37. The van der Waals surface area contributed by atoms with Crippen molar-refractivity contribution in [3.8, 4) is 17.0 Å². The van der Waals surface area contributed by atoms with Gasteiger partial charge in [0.15, 0.2) is 0 Å². The van der Waals surface area contributed by atoms with Gasteiger partial charge in [-0.2, -0.15) is 0 Å². The van der Waals surface area contributed by atoms with Crippen LogP contribution in [0, 0.1) is 5.82 Å². The molecule has 3 aromatic rings. The number of ether oxygens (including phenoxy) is 1. The van der Waals surface area contributed by atoms with E-state index in [0.717, 1.165) is 37.5 Å². The van der Waals surface area contributed by atoms with Gasteiger partial charge in [-0.15, -0.1) is 0 Å². The van der Waals surface area contributed by atoms with Gasteiger partial charge >= 0.3 is 0 Å². The van der Waals surface area contributed by atoms with Gasteiger partial charge in [-0.25, -0.2) is 17.8 Å². The quantitative estimate of drug-likeness (QED) is 0.306. The van der Waals surface area contributed by atoms with E-state index in [1.165, 1.54) is 18.3 Å². The molecule has 4 heterocycles. The highest BCUT2D eigenvalue weighted by molar-refractivity contribution is 7.92. The molecule has 1 aliphatic carbocycles. The van der Waals surface area contributed by atoms with E-state index in [2.05, 4.69) is 24.9 Å². The number of fused-ring (bicyclic) bond motifs is 4. The molecule has 236 valence electrons. The molecule has 11 nitrogen and oxygen atoms in total. The van der Waals surface area contributed by atoms with Gasteiger partial charge in [0.25, 0.3) is 0 Å². The third-order valence-corrected chi connectivity index (χ3v) is 9.56. The first-order chi connectivity index (χ1) is 20.9. The van der Waals surface area contributed by atoms with E-state index in [-0.39, 0.29) is 41.8 Å². The maximum absolute atomic E-state index is 15.7. The molecule has 3 N–H and O–H groups in total. The standard InChI is InChI=1S/C31H39FN6O5S/c1-18(2)33-9-10-43-29-26(36-44(4,41)42)11-19(14-35-29)22-12-23-25(13-24(22)32)34-15-27-28(23)31(30(40)37(27)3)16-38(17-31)20-5-7-21(39)8-6-20/h11-15,18,20-21,33,36,39H,5-10,16-17H2,1-4H3/t20-,21-. The number of carbonyl (C=O) groups is 1. The Morgan fingerprint density at radius 1 is 1.14 bits per heavy atom. The predicted molar refractivity (Wildman–Crippen MR) is 167 cm³/mol. The van der Waals surface area contributed by atoms with Crippen LogP contribution in [0.15, 0.2) is 30.6 Å². The molecule has 0 radical (unpaired) electrons. The zero-order chi connectivity index (χ0) is 31.4. The van der Waals surface area contributed by atoms with Crippen molar-refractivity contribution in [3.05, 3.63) is 42.0 Å². The van der Waals surface area contributed by atoms with Crippen molar-refractivity contribution >= 4 is 38.2 Å². The number of halogens is 1. The fourth-order valence-electron chi connectivity index (χ4n) is 6.82. The molecule has 1 saturated carbocycles. The number of benzene rings is 1. The first kappa shape index (κ1) is 30.6. The molecular weight excluding hydrogens is 587 g/mol. The maximum Gasteiger partial charge on any atom is 0.240 e. The zero-order valence-electron chi connectivity index (χ0n) is 25.4. The predicted octanol–water partition coefficient (Wildman–Crippen LogP) is 3.02. The van der Waals surface area contributed by atoms with Crippen molar-refractivity contribution < 1.29 is 27.4 Å². The summed E-state index contributed by atoms with van der Waals surface area (Å²) < 4.78 is 48.2. The number of aromatic nitrogens is 2. The van der Waals surface area contributed by atoms with Gasteiger partial charge < -0.3 is 20.1 Å². The van der Waals surface area contributed by atoms with Crippen LogP contribution in [-0.4, -0.2) is 92.0 Å². The van der Waals surface area contributed by atoms with Crippen LogP contribution >= 0.6 is 0 Å². The maximum atomic E-state index is 15.7. The Kier molecular flexibility index (Phi) is 8.02. The number of sulfonamides is 1. The number of likely N-dealkylation sites (N-methyl/N-ethyl adjacent to an activating group) is 1. The average Bonchev–Trinajstić information content (AvgIpc) is 3.17. The summed E-state index contributed by atoms with van der Waals surface area (Å²) in [6, 6.07) is 5.13. The number of pyridine rings is 2. The van der Waals surface area contributed by atoms with Gasteiger partial charge in [0.2, 0.25) is 21.8 Å². The lowest BCUT2D eigenvalue weighted by Gasteiger charge is -2.51. The molecule has 3 aliphatic rings. The van der Waals surface area contributed by atoms with Crippen LogP contribution in [-0.2, 0) is 20.2 Å². The van der Waals surface area contributed by atoms with Crippen LogP contribution < -0.4 is 19.7 Å². The van der Waals surface area contributed by atoms with E-state index < -0.39 is 21.3 Å². The summed E-state index contributed by atoms with van der Waals surface area (Å²) in [4.78, 5) is 26.6. The molecule has 1 saturated heterocycles. The number of hydrogen-bond acceptors (Lipinski definition) is 9. The normalized spacial score (nSPS) is 21.6. The van der Waals surface area contributed by atoms with Gasteiger partial charge in [0.05, 0.1) is 29.8 Å². The number of aliphatic hydroxyl groups excluding tert-OH is 1. The summed E-state index contributed by atoms with van der Waals surface area (Å²) >= 11 is 0. The van der Waals surface area contributed by atoms with E-state index in [1.807, 2.05) is 13.8 Å². The number of nitrogens with one attached hydrogen (secondary N) is 2. The molecule has 2 fully saturated rings. The molecule has 1 aromatic carbocycles. The molecular formula is C31H39FN6O5S. The molecule has 0 atom stereocenters. The summed E-state index contributed by atoms with van der Waals surface area (Å²) in [7, 11) is -1.94. The molecule has 1 spiro atoms. The van der Waals surface area contributed by atoms with Crippen LogP contribution in [0.25, 0.3) is 22.0 Å². The highest BCUT2D eigenvalue weighted by atomic mass is 32.2. The number of aliphatic hydroxyl groups is 1. The number of carbonyl (C=O) groups excluding carboxylic acids is 1. The molecule has 0 unspecified atom stereocenters. The summed E-state index contributed by atoms with van der Waals surface area (Å²) in [6.07, 6.45) is 7.17. The van der Waals surface area contributed by atoms with Crippen molar-refractivity contribution in [2.24, 2.45) is 0 Å². The molecule has 2 aromatic heterocycles. The van der Waals surface area contributed by atoms with E-state index in [0.29, 0.717) is 47.8 Å². The number of anilines is 2. The van der Waals surface area contributed by atoms with Crippen LogP contribution in [0.3, 0.4) is 0 Å². The molecule has 13 heteroatoms. The van der Waals surface area contributed by atoms with E-state index in [1.54, 1.807) is 24.2 Å². The number of hydrogen-bond donors (Lipinski definition) is 3. The second-order valence-electron chi connectivity index (χ2n) is 12.6. The molecule has 6 rings (SSSR count).